The number of halogens is 1. The maximum Gasteiger partial charge on any atom is 0.243 e. The summed E-state index contributed by atoms with van der Waals surface area (Å²) < 4.78 is 30.4. The van der Waals surface area contributed by atoms with Gasteiger partial charge in [-0.3, -0.25) is 9.10 Å². The Hall–Kier alpha value is -1.31. The number of nitrogens with one attached hydrogen (secondary N) is 1. The lowest BCUT2D eigenvalue weighted by Crippen LogP contribution is -2.48. The van der Waals surface area contributed by atoms with Crippen LogP contribution in [0.4, 0.5) is 5.69 Å². The topological polar surface area (TPSA) is 75.7 Å². The van der Waals surface area contributed by atoms with Crippen LogP contribution in [0.5, 0.6) is 0 Å². The molecule has 0 saturated carbocycles. The van der Waals surface area contributed by atoms with Gasteiger partial charge in [-0.1, -0.05) is 17.7 Å². The summed E-state index contributed by atoms with van der Waals surface area (Å²) in [6.07, 6.45) is 1.73. The molecular weight excluding hydrogens is 340 g/mol. The average molecular weight is 363 g/mol. The van der Waals surface area contributed by atoms with Crippen molar-refractivity contribution in [1.29, 1.82) is 0 Å². The van der Waals surface area contributed by atoms with Crippen LogP contribution in [-0.4, -0.2) is 46.9 Å². The molecule has 0 aliphatic carbocycles. The zero-order valence-corrected chi connectivity index (χ0v) is 15.4. The summed E-state index contributed by atoms with van der Waals surface area (Å²) in [4.78, 5) is 12.3. The van der Waals surface area contributed by atoms with Crippen molar-refractivity contribution < 1.29 is 17.9 Å². The molecule has 0 aliphatic heterocycles. The van der Waals surface area contributed by atoms with E-state index in [0.29, 0.717) is 30.3 Å². The van der Waals surface area contributed by atoms with E-state index in [9.17, 15) is 13.2 Å². The quantitative estimate of drug-likeness (QED) is 0.717. The van der Waals surface area contributed by atoms with Gasteiger partial charge in [0, 0.05) is 25.3 Å². The lowest BCUT2D eigenvalue weighted by atomic mass is 10.2. The van der Waals surface area contributed by atoms with Crippen LogP contribution in [0.1, 0.15) is 18.9 Å². The predicted octanol–water partition coefficient (Wildman–Crippen LogP) is 1.96. The largest absolute Gasteiger partial charge is 0.385 e. The summed E-state index contributed by atoms with van der Waals surface area (Å²) in [5.74, 6) is -0.370. The fourth-order valence-corrected chi connectivity index (χ4v) is 3.57. The number of benzene rings is 1. The van der Waals surface area contributed by atoms with Crippen LogP contribution in [0.25, 0.3) is 0 Å². The molecule has 1 N–H and O–H groups in total. The fourth-order valence-electron chi connectivity index (χ4n) is 2.18. The number of hydrogen-bond donors (Lipinski definition) is 1. The molecule has 0 bridgehead atoms. The van der Waals surface area contributed by atoms with E-state index in [1.807, 2.05) is 0 Å². The van der Waals surface area contributed by atoms with Crippen molar-refractivity contribution in [3.63, 3.8) is 0 Å². The number of ether oxygens (including phenoxy) is 1. The maximum absolute atomic E-state index is 12.3. The molecule has 23 heavy (non-hydrogen) atoms. The fraction of sp³-hybridized carbons (Fsp3) is 0.533. The number of rotatable bonds is 8. The summed E-state index contributed by atoms with van der Waals surface area (Å²) >= 11 is 5.98. The summed E-state index contributed by atoms with van der Waals surface area (Å²) in [7, 11) is -2.07. The molecule has 0 radical (unpaired) electrons. The smallest absolute Gasteiger partial charge is 0.243 e. The van der Waals surface area contributed by atoms with Gasteiger partial charge in [-0.25, -0.2) is 8.42 Å². The molecule has 0 fully saturated rings. The van der Waals surface area contributed by atoms with Crippen molar-refractivity contribution in [3.8, 4) is 0 Å². The number of methoxy groups -OCH3 is 1. The summed E-state index contributed by atoms with van der Waals surface area (Å²) in [5.41, 5.74) is 1.12. The summed E-state index contributed by atoms with van der Waals surface area (Å²) in [5, 5.41) is 3.12. The Balaban J connectivity index is 3.03. The Morgan fingerprint density at radius 1 is 1.43 bits per heavy atom. The molecule has 0 heterocycles. The van der Waals surface area contributed by atoms with E-state index in [2.05, 4.69) is 5.32 Å². The van der Waals surface area contributed by atoms with Crippen LogP contribution in [-0.2, 0) is 19.6 Å². The average Bonchev–Trinajstić information content (AvgIpc) is 2.45. The van der Waals surface area contributed by atoms with Crippen LogP contribution >= 0.6 is 11.6 Å². The Morgan fingerprint density at radius 3 is 2.65 bits per heavy atom. The first-order chi connectivity index (χ1) is 10.7. The second-order valence-electron chi connectivity index (χ2n) is 5.30. The summed E-state index contributed by atoms with van der Waals surface area (Å²) in [6.45, 7) is 4.26. The molecule has 1 aromatic carbocycles. The van der Waals surface area contributed by atoms with E-state index in [0.717, 1.165) is 16.1 Å². The number of sulfonamides is 1. The molecule has 8 heteroatoms. The lowest BCUT2D eigenvalue weighted by molar-refractivity contribution is -0.121. The predicted molar refractivity (Wildman–Crippen MR) is 92.5 cm³/mol. The molecule has 1 aromatic rings. The van der Waals surface area contributed by atoms with Crippen LogP contribution in [0.15, 0.2) is 18.2 Å². The summed E-state index contributed by atoms with van der Waals surface area (Å²) in [6, 6.07) is 4.06. The highest BCUT2D eigenvalue weighted by Crippen LogP contribution is 2.28. The molecule has 0 saturated heterocycles. The first-order valence-electron chi connectivity index (χ1n) is 7.20. The molecule has 1 rings (SSSR count). The van der Waals surface area contributed by atoms with E-state index in [4.69, 9.17) is 16.3 Å². The van der Waals surface area contributed by atoms with Gasteiger partial charge in [0.1, 0.15) is 6.04 Å². The third-order valence-corrected chi connectivity index (χ3v) is 4.78. The number of carbonyl (C=O) groups is 1. The van der Waals surface area contributed by atoms with Gasteiger partial charge in [-0.15, -0.1) is 0 Å². The van der Waals surface area contributed by atoms with Crippen LogP contribution < -0.4 is 9.62 Å². The molecule has 0 aliphatic rings. The van der Waals surface area contributed by atoms with Gasteiger partial charge >= 0.3 is 0 Å². The highest BCUT2D eigenvalue weighted by molar-refractivity contribution is 7.92. The molecule has 1 atom stereocenters. The van der Waals surface area contributed by atoms with Gasteiger partial charge in [0.15, 0.2) is 0 Å². The minimum Gasteiger partial charge on any atom is -0.385 e. The monoisotopic (exact) mass is 362 g/mol. The van der Waals surface area contributed by atoms with Crippen molar-refractivity contribution in [1.82, 2.24) is 5.32 Å². The zero-order chi connectivity index (χ0) is 17.6. The minimum atomic E-state index is -3.65. The second kappa shape index (κ2) is 8.52. The standard InChI is InChI=1S/C15H23ClN2O4S/c1-11-6-7-13(16)10-14(11)18(23(4,20)21)12(2)15(19)17-8-5-9-22-3/h6-7,10,12H,5,8-9H2,1-4H3,(H,17,19)/t12-/m1/s1. The molecule has 130 valence electrons. The highest BCUT2D eigenvalue weighted by Gasteiger charge is 2.30. The number of anilines is 1. The van der Waals surface area contributed by atoms with E-state index in [1.54, 1.807) is 39.2 Å². The van der Waals surface area contributed by atoms with Gasteiger partial charge < -0.3 is 10.1 Å². The van der Waals surface area contributed by atoms with Crippen molar-refractivity contribution >= 4 is 33.2 Å². The Morgan fingerprint density at radius 2 is 2.09 bits per heavy atom. The van der Waals surface area contributed by atoms with Gasteiger partial charge in [0.2, 0.25) is 15.9 Å². The minimum absolute atomic E-state index is 0.370. The van der Waals surface area contributed by atoms with Crippen LogP contribution in [0.3, 0.4) is 0 Å². The number of amides is 1. The van der Waals surface area contributed by atoms with Crippen molar-refractivity contribution in [2.75, 3.05) is 30.8 Å². The number of nitrogens with zero attached hydrogens (tertiary/aromatic N) is 1. The SMILES string of the molecule is COCCCNC(=O)[C@@H](C)N(c1cc(Cl)ccc1C)S(C)(=O)=O. The molecule has 0 unspecified atom stereocenters. The van der Waals surface area contributed by atoms with Gasteiger partial charge in [-0.2, -0.15) is 0 Å². The van der Waals surface area contributed by atoms with Crippen molar-refractivity contribution in [3.05, 3.63) is 28.8 Å². The molecule has 0 aromatic heterocycles. The molecule has 6 nitrogen and oxygen atoms in total. The number of hydrogen-bond acceptors (Lipinski definition) is 4. The Labute approximate surface area is 142 Å². The van der Waals surface area contributed by atoms with E-state index >= 15 is 0 Å². The maximum atomic E-state index is 12.3. The second-order valence-corrected chi connectivity index (χ2v) is 7.60. The van der Waals surface area contributed by atoms with Gasteiger partial charge in [0.25, 0.3) is 0 Å². The lowest BCUT2D eigenvalue weighted by Gasteiger charge is -2.29. The Bertz CT molecular complexity index is 649. The third kappa shape index (κ3) is 5.67. The molecular formula is C15H23ClN2O4S. The van der Waals surface area contributed by atoms with Crippen molar-refractivity contribution in [2.24, 2.45) is 0 Å². The number of carbonyl (C=O) groups excluding carboxylic acids is 1. The molecule has 1 amide bonds. The van der Waals surface area contributed by atoms with E-state index in [-0.39, 0.29) is 5.91 Å². The number of aryl methyl sites for hydroxylation is 1. The van der Waals surface area contributed by atoms with Crippen LogP contribution in [0, 0.1) is 6.92 Å². The van der Waals surface area contributed by atoms with E-state index in [1.165, 1.54) is 0 Å². The third-order valence-electron chi connectivity index (χ3n) is 3.32. The van der Waals surface area contributed by atoms with E-state index < -0.39 is 16.1 Å². The normalized spacial score (nSPS) is 12.7. The molecule has 0 spiro atoms. The van der Waals surface area contributed by atoms with Gasteiger partial charge in [-0.05, 0) is 38.0 Å². The van der Waals surface area contributed by atoms with Gasteiger partial charge in [0.05, 0.1) is 11.9 Å². The first-order valence-corrected chi connectivity index (χ1v) is 9.43. The zero-order valence-electron chi connectivity index (χ0n) is 13.8. The van der Waals surface area contributed by atoms with Crippen molar-refractivity contribution in [2.45, 2.75) is 26.3 Å². The highest BCUT2D eigenvalue weighted by atomic mass is 35.5. The Kier molecular flexibility index (Phi) is 7.31. The first kappa shape index (κ1) is 19.7. The van der Waals surface area contributed by atoms with Crippen LogP contribution in [0.2, 0.25) is 5.02 Å².